The number of likely N-dealkylation sites (N-methyl/N-ethyl adjacent to an activating group) is 1. The number of nitrogens with zero attached hydrogens (tertiary/aromatic N) is 1. The zero-order chi connectivity index (χ0) is 18.3. The largest absolute Gasteiger partial charge is 0.425 e. The Morgan fingerprint density at radius 2 is 2.15 bits per heavy atom. The first-order valence-corrected chi connectivity index (χ1v) is 9.70. The van der Waals surface area contributed by atoms with Gasteiger partial charge in [0, 0.05) is 17.7 Å². The minimum atomic E-state index is -0.0540. The number of fused-ring (bicyclic) bond motifs is 1. The summed E-state index contributed by atoms with van der Waals surface area (Å²) >= 11 is 1.54. The van der Waals surface area contributed by atoms with Gasteiger partial charge in [0.25, 0.3) is 5.91 Å². The molecule has 1 aromatic carbocycles. The van der Waals surface area contributed by atoms with E-state index >= 15 is 0 Å². The monoisotopic (exact) mass is 365 g/mol. The lowest BCUT2D eigenvalue weighted by Gasteiger charge is -2.21. The number of allylic oxidation sites excluding steroid dienone is 1. The molecule has 1 aromatic rings. The number of hydrogen-bond donors (Lipinski definition) is 1. The maximum absolute atomic E-state index is 12.8. The van der Waals surface area contributed by atoms with Gasteiger partial charge in [0.05, 0.1) is 0 Å². The maximum atomic E-state index is 12.8. The molecule has 1 unspecified atom stereocenters. The average molecular weight is 365 g/mol. The van der Waals surface area contributed by atoms with E-state index in [4.69, 9.17) is 0 Å². The number of carbonyl (C=O) groups is 2. The third kappa shape index (κ3) is 3.44. The summed E-state index contributed by atoms with van der Waals surface area (Å²) in [5.41, 5.74) is 3.68. The van der Waals surface area contributed by atoms with Crippen molar-refractivity contribution < 1.29 is 14.2 Å². The topological polar surface area (TPSA) is 49.2 Å². The standard InChI is InChI=1S/C21H20N2O2S/c1-13-4-3-5-14(10-13)11-19-21(25)23(2)17-12-15(6-9-18(17)26-19)20(24)22-16-7-8-16/h3-6,9-12,16,18H,7-8H2,1-2H3/p+1/b19-11-. The highest BCUT2D eigenvalue weighted by atomic mass is 32.2. The van der Waals surface area contributed by atoms with Crippen LogP contribution >= 0.6 is 11.8 Å². The van der Waals surface area contributed by atoms with E-state index in [-0.39, 0.29) is 17.1 Å². The highest BCUT2D eigenvalue weighted by Crippen LogP contribution is 2.33. The fraction of sp³-hybridized carbons (Fsp3) is 0.286. The van der Waals surface area contributed by atoms with Crippen LogP contribution in [-0.2, 0) is 9.59 Å². The Labute approximate surface area is 157 Å². The summed E-state index contributed by atoms with van der Waals surface area (Å²) in [6.45, 7) is 2.04. The molecule has 3 aliphatic rings. The highest BCUT2D eigenvalue weighted by molar-refractivity contribution is 8.05. The minimum absolute atomic E-state index is 0.0312. The van der Waals surface area contributed by atoms with Crippen LogP contribution in [0.5, 0.6) is 0 Å². The molecule has 132 valence electrons. The van der Waals surface area contributed by atoms with Gasteiger partial charge in [0.2, 0.25) is 5.71 Å². The number of aryl methyl sites for hydroxylation is 1. The fourth-order valence-electron chi connectivity index (χ4n) is 3.08. The molecule has 0 aromatic heterocycles. The number of thioether (sulfide) groups is 1. The van der Waals surface area contributed by atoms with Gasteiger partial charge < -0.3 is 5.32 Å². The first-order valence-electron chi connectivity index (χ1n) is 8.82. The summed E-state index contributed by atoms with van der Waals surface area (Å²) < 4.78 is 1.66. The van der Waals surface area contributed by atoms with Gasteiger partial charge in [-0.05, 0) is 31.4 Å². The van der Waals surface area contributed by atoms with E-state index in [1.165, 1.54) is 17.3 Å². The second-order valence-corrected chi connectivity index (χ2v) is 8.14. The quantitative estimate of drug-likeness (QED) is 0.662. The van der Waals surface area contributed by atoms with Crippen molar-refractivity contribution in [2.24, 2.45) is 0 Å². The van der Waals surface area contributed by atoms with Crippen molar-refractivity contribution in [3.63, 3.8) is 0 Å². The second-order valence-electron chi connectivity index (χ2n) is 6.96. The van der Waals surface area contributed by atoms with Crippen LogP contribution in [0, 0.1) is 6.92 Å². The normalized spacial score (nSPS) is 23.8. The van der Waals surface area contributed by atoms with Crippen LogP contribution in [0.1, 0.15) is 24.0 Å². The molecule has 1 heterocycles. The summed E-state index contributed by atoms with van der Waals surface area (Å²) in [4.78, 5) is 25.8. The van der Waals surface area contributed by atoms with Crippen LogP contribution < -0.4 is 5.32 Å². The van der Waals surface area contributed by atoms with E-state index in [0.29, 0.717) is 11.6 Å². The molecular weight excluding hydrogens is 344 g/mol. The van der Waals surface area contributed by atoms with E-state index in [9.17, 15) is 9.59 Å². The molecule has 5 heteroatoms. The lowest BCUT2D eigenvalue weighted by molar-refractivity contribution is -0.413. The zero-order valence-corrected chi connectivity index (χ0v) is 15.7. The maximum Gasteiger partial charge on any atom is 0.425 e. The zero-order valence-electron chi connectivity index (χ0n) is 14.9. The molecule has 1 fully saturated rings. The van der Waals surface area contributed by atoms with Gasteiger partial charge in [-0.1, -0.05) is 53.7 Å². The van der Waals surface area contributed by atoms with Crippen LogP contribution in [0.2, 0.25) is 0 Å². The van der Waals surface area contributed by atoms with Crippen LogP contribution in [0.4, 0.5) is 0 Å². The Balaban J connectivity index is 1.62. The molecule has 26 heavy (non-hydrogen) atoms. The third-order valence-corrected chi connectivity index (χ3v) is 5.92. The molecule has 1 saturated carbocycles. The van der Waals surface area contributed by atoms with Crippen molar-refractivity contribution in [1.29, 1.82) is 0 Å². The number of hydrogen-bond acceptors (Lipinski definition) is 3. The molecule has 0 radical (unpaired) electrons. The van der Waals surface area contributed by atoms with Gasteiger partial charge in [-0.15, -0.1) is 0 Å². The minimum Gasteiger partial charge on any atom is -0.349 e. The van der Waals surface area contributed by atoms with Gasteiger partial charge in [-0.25, -0.2) is 4.79 Å². The Morgan fingerprint density at radius 1 is 1.35 bits per heavy atom. The van der Waals surface area contributed by atoms with Crippen molar-refractivity contribution in [2.45, 2.75) is 31.1 Å². The average Bonchev–Trinajstić information content (AvgIpc) is 3.43. The SMILES string of the molecule is Cc1cccc(/C=C2\SC3C=CC(C(=O)NC4CC4)=CC3=[N+](C)C2=O)c1. The second kappa shape index (κ2) is 6.72. The van der Waals surface area contributed by atoms with Crippen LogP contribution in [-0.4, -0.2) is 40.4 Å². The van der Waals surface area contributed by atoms with Gasteiger partial charge >= 0.3 is 5.91 Å². The van der Waals surface area contributed by atoms with Crippen LogP contribution in [0.15, 0.2) is 53.0 Å². The van der Waals surface area contributed by atoms with Gasteiger partial charge in [-0.3, -0.25) is 4.79 Å². The number of nitrogens with one attached hydrogen (secondary N) is 1. The summed E-state index contributed by atoms with van der Waals surface area (Å²) in [5, 5.41) is 3.05. The first-order chi connectivity index (χ1) is 12.5. The third-order valence-electron chi connectivity index (χ3n) is 4.72. The van der Waals surface area contributed by atoms with E-state index in [1.54, 1.807) is 11.6 Å². The van der Waals surface area contributed by atoms with Gasteiger partial charge in [0.15, 0.2) is 0 Å². The summed E-state index contributed by atoms with van der Waals surface area (Å²) in [7, 11) is 1.78. The van der Waals surface area contributed by atoms with E-state index in [1.807, 2.05) is 49.4 Å². The van der Waals surface area contributed by atoms with Crippen molar-refractivity contribution in [3.8, 4) is 0 Å². The highest BCUT2D eigenvalue weighted by Gasteiger charge is 2.38. The number of benzene rings is 1. The number of rotatable bonds is 3. The summed E-state index contributed by atoms with van der Waals surface area (Å²) in [6.07, 6.45) is 9.78. The predicted molar refractivity (Wildman–Crippen MR) is 105 cm³/mol. The van der Waals surface area contributed by atoms with Crippen molar-refractivity contribution in [1.82, 2.24) is 5.32 Å². The van der Waals surface area contributed by atoms with E-state index < -0.39 is 0 Å². The summed E-state index contributed by atoms with van der Waals surface area (Å²) in [5.74, 6) is -0.0853. The Morgan fingerprint density at radius 3 is 2.88 bits per heavy atom. The molecule has 4 rings (SSSR count). The van der Waals surface area contributed by atoms with E-state index in [0.717, 1.165) is 29.0 Å². The fourth-order valence-corrected chi connectivity index (χ4v) is 4.30. The van der Waals surface area contributed by atoms with Crippen molar-refractivity contribution >= 4 is 35.4 Å². The molecule has 0 bridgehead atoms. The Kier molecular flexibility index (Phi) is 4.41. The van der Waals surface area contributed by atoms with Crippen molar-refractivity contribution in [2.75, 3.05) is 7.05 Å². The number of amides is 2. The Bertz CT molecular complexity index is 920. The molecular formula is C21H21N2O2S+. The smallest absolute Gasteiger partial charge is 0.349 e. The van der Waals surface area contributed by atoms with Gasteiger partial charge in [0.1, 0.15) is 17.2 Å². The molecule has 2 aliphatic carbocycles. The first kappa shape index (κ1) is 17.0. The molecule has 1 aliphatic heterocycles. The molecule has 2 amide bonds. The Hall–Kier alpha value is -2.40. The van der Waals surface area contributed by atoms with Gasteiger partial charge in [-0.2, -0.15) is 4.58 Å². The number of carbonyl (C=O) groups excluding carboxylic acids is 2. The van der Waals surface area contributed by atoms with Crippen LogP contribution in [0.25, 0.3) is 6.08 Å². The molecule has 0 spiro atoms. The van der Waals surface area contributed by atoms with E-state index in [2.05, 4.69) is 11.4 Å². The van der Waals surface area contributed by atoms with Crippen molar-refractivity contribution in [3.05, 3.63) is 64.1 Å². The predicted octanol–water partition coefficient (Wildman–Crippen LogP) is 2.84. The molecule has 1 N–H and O–H groups in total. The lowest BCUT2D eigenvalue weighted by atomic mass is 10.0. The lowest BCUT2D eigenvalue weighted by Crippen LogP contribution is -2.37. The summed E-state index contributed by atoms with van der Waals surface area (Å²) in [6, 6.07) is 8.43. The molecule has 4 nitrogen and oxygen atoms in total. The molecule has 1 atom stereocenters. The van der Waals surface area contributed by atoms with Crippen LogP contribution in [0.3, 0.4) is 0 Å². The molecule has 0 saturated heterocycles.